The van der Waals surface area contributed by atoms with E-state index in [0.717, 1.165) is 11.4 Å². The van der Waals surface area contributed by atoms with Gasteiger partial charge >= 0.3 is 0 Å². The zero-order valence-electron chi connectivity index (χ0n) is 33.8. The molecule has 0 radical (unpaired) electrons. The lowest BCUT2D eigenvalue weighted by molar-refractivity contribution is 0.660. The van der Waals surface area contributed by atoms with Crippen LogP contribution < -0.4 is 4.90 Å². The first-order valence-corrected chi connectivity index (χ1v) is 20.9. The quantitative estimate of drug-likeness (QED) is 0.169. The summed E-state index contributed by atoms with van der Waals surface area (Å²) in [5, 5.41) is 2.66. The number of rotatable bonds is 5. The first-order chi connectivity index (χ1) is 28.8. The van der Waals surface area contributed by atoms with Gasteiger partial charge in [-0.2, -0.15) is 0 Å². The lowest BCUT2D eigenvalue weighted by atomic mass is 9.81. The van der Waals surface area contributed by atoms with Crippen LogP contribution in [0.25, 0.3) is 77.5 Å². The van der Waals surface area contributed by atoms with E-state index in [9.17, 15) is 0 Å². The fraction of sp³-hybridized carbons (Fsp3) is 0.103. The Morgan fingerprint density at radius 3 is 1.51 bits per heavy atom. The Morgan fingerprint density at radius 1 is 0.322 bits per heavy atom. The first-order valence-electron chi connectivity index (χ1n) is 20.9. The normalized spacial score (nSPS) is 14.4. The summed E-state index contributed by atoms with van der Waals surface area (Å²) in [5.41, 5.74) is 24.5. The fourth-order valence-electron chi connectivity index (χ4n) is 10.9. The molecular weight excluding hydrogens is 711 g/mol. The number of benzene rings is 9. The van der Waals surface area contributed by atoms with Crippen molar-refractivity contribution in [3.63, 3.8) is 0 Å². The monoisotopic (exact) mass is 753 g/mol. The van der Waals surface area contributed by atoms with Gasteiger partial charge in [-0.15, -0.1) is 0 Å². The van der Waals surface area contributed by atoms with Gasteiger partial charge in [-0.1, -0.05) is 179 Å². The van der Waals surface area contributed by atoms with E-state index >= 15 is 0 Å². The highest BCUT2D eigenvalue weighted by Crippen LogP contribution is 2.55. The molecule has 0 fully saturated rings. The maximum absolute atomic E-state index is 2.47. The maximum Gasteiger partial charge on any atom is 0.0543 e. The predicted molar refractivity (Wildman–Crippen MR) is 249 cm³/mol. The molecule has 0 aliphatic heterocycles. The lowest BCUT2D eigenvalue weighted by Crippen LogP contribution is -2.16. The molecule has 0 bridgehead atoms. The Morgan fingerprint density at radius 2 is 0.797 bits per heavy atom. The van der Waals surface area contributed by atoms with Gasteiger partial charge in [0, 0.05) is 27.8 Å². The zero-order chi connectivity index (χ0) is 39.6. The molecule has 0 spiro atoms. The maximum atomic E-state index is 2.47. The first kappa shape index (κ1) is 34.1. The van der Waals surface area contributed by atoms with Gasteiger partial charge in [0.25, 0.3) is 0 Å². The smallest absolute Gasteiger partial charge is 0.0543 e. The van der Waals surface area contributed by atoms with Crippen molar-refractivity contribution in [1.29, 1.82) is 0 Å². The number of fused-ring (bicyclic) bond motifs is 9. The summed E-state index contributed by atoms with van der Waals surface area (Å²) in [5.74, 6) is 0. The standard InChI is InChI=1S/C58H43N/c1-57(2)51-20-10-8-16-49(51)56-52(57)21-12-22-54(56)59(39-28-23-36(24-29-39)38-27-32-45-44-15-7-9-19-50(44)58(3,4)53(45)35-38)40-30-25-37(26-31-40)41-33-34-48-43-14-6-5-13-42(43)47-18-11-17-46(41)55(47)48/h5-35H,1-4H3. The summed E-state index contributed by atoms with van der Waals surface area (Å²) < 4.78 is 0. The second kappa shape index (κ2) is 12.3. The van der Waals surface area contributed by atoms with E-state index in [1.807, 2.05) is 0 Å². The Balaban J connectivity index is 0.980. The molecular formula is C58H43N. The summed E-state index contributed by atoms with van der Waals surface area (Å²) in [6, 6.07) is 70.5. The van der Waals surface area contributed by atoms with Crippen LogP contribution in [0.5, 0.6) is 0 Å². The zero-order valence-corrected chi connectivity index (χ0v) is 33.8. The Hall–Kier alpha value is -6.96. The van der Waals surface area contributed by atoms with E-state index in [-0.39, 0.29) is 10.8 Å². The van der Waals surface area contributed by atoms with E-state index < -0.39 is 0 Å². The van der Waals surface area contributed by atoms with Gasteiger partial charge < -0.3 is 4.90 Å². The van der Waals surface area contributed by atoms with E-state index in [1.54, 1.807) is 0 Å². The van der Waals surface area contributed by atoms with Crippen LogP contribution in [0.15, 0.2) is 188 Å². The summed E-state index contributed by atoms with van der Waals surface area (Å²) in [7, 11) is 0. The van der Waals surface area contributed by atoms with Crippen molar-refractivity contribution in [3.8, 4) is 66.8 Å². The Labute approximate surface area is 346 Å². The molecule has 3 aliphatic carbocycles. The van der Waals surface area contributed by atoms with Crippen LogP contribution >= 0.6 is 0 Å². The second-order valence-electron chi connectivity index (χ2n) is 17.7. The minimum absolute atomic E-state index is 0.0413. The van der Waals surface area contributed by atoms with Crippen LogP contribution in [0.3, 0.4) is 0 Å². The molecule has 1 heteroatoms. The van der Waals surface area contributed by atoms with Gasteiger partial charge in [-0.3, -0.25) is 0 Å². The molecule has 1 nitrogen and oxygen atoms in total. The average molecular weight is 754 g/mol. The largest absolute Gasteiger partial charge is 0.310 e. The predicted octanol–water partition coefficient (Wildman–Crippen LogP) is 15.9. The van der Waals surface area contributed by atoms with Gasteiger partial charge in [0.15, 0.2) is 0 Å². The van der Waals surface area contributed by atoms with Gasteiger partial charge in [0.05, 0.1) is 5.69 Å². The molecule has 0 unspecified atom stereocenters. The number of anilines is 3. The molecule has 9 aromatic rings. The highest BCUT2D eigenvalue weighted by Gasteiger charge is 2.38. The Kier molecular flexibility index (Phi) is 7.10. The third kappa shape index (κ3) is 4.79. The summed E-state index contributed by atoms with van der Waals surface area (Å²) >= 11 is 0. The molecule has 0 aromatic heterocycles. The third-order valence-corrected chi connectivity index (χ3v) is 13.9. The van der Waals surface area contributed by atoms with E-state index in [4.69, 9.17) is 0 Å². The SMILES string of the molecule is CC1(C)c2ccccc2-c2ccc(-c3ccc(N(c4ccc(-c5ccc6c7c(cccc57)-c5ccccc5-6)cc4)c4cccc5c4-c4ccccc4C5(C)C)cc3)cc21. The van der Waals surface area contributed by atoms with Gasteiger partial charge in [-0.05, 0) is 131 Å². The van der Waals surface area contributed by atoms with E-state index in [0.29, 0.717) is 0 Å². The molecule has 12 rings (SSSR count). The van der Waals surface area contributed by atoms with Crippen LogP contribution in [-0.2, 0) is 10.8 Å². The van der Waals surface area contributed by atoms with E-state index in [1.165, 1.54) is 105 Å². The van der Waals surface area contributed by atoms with Gasteiger partial charge in [0.1, 0.15) is 0 Å². The van der Waals surface area contributed by atoms with Gasteiger partial charge in [0.2, 0.25) is 0 Å². The average Bonchev–Trinajstić information content (AvgIpc) is 3.82. The van der Waals surface area contributed by atoms with Crippen molar-refractivity contribution < 1.29 is 0 Å². The van der Waals surface area contributed by atoms with Crippen LogP contribution in [0.2, 0.25) is 0 Å². The molecule has 280 valence electrons. The van der Waals surface area contributed by atoms with Crippen LogP contribution in [0.1, 0.15) is 49.9 Å². The van der Waals surface area contributed by atoms with E-state index in [2.05, 4.69) is 221 Å². The fourth-order valence-corrected chi connectivity index (χ4v) is 10.9. The summed E-state index contributed by atoms with van der Waals surface area (Å²) in [6.07, 6.45) is 0. The molecule has 0 atom stereocenters. The van der Waals surface area contributed by atoms with Crippen molar-refractivity contribution in [3.05, 3.63) is 210 Å². The second-order valence-corrected chi connectivity index (χ2v) is 17.7. The topological polar surface area (TPSA) is 3.24 Å². The highest BCUT2D eigenvalue weighted by atomic mass is 15.1. The molecule has 0 N–H and O–H groups in total. The van der Waals surface area contributed by atoms with Crippen molar-refractivity contribution in [2.45, 2.75) is 38.5 Å². The Bertz CT molecular complexity index is 3170. The van der Waals surface area contributed by atoms with Crippen LogP contribution in [-0.4, -0.2) is 0 Å². The van der Waals surface area contributed by atoms with Crippen molar-refractivity contribution in [2.75, 3.05) is 4.90 Å². The molecule has 0 amide bonds. The molecule has 0 saturated carbocycles. The molecule has 0 saturated heterocycles. The van der Waals surface area contributed by atoms with Crippen LogP contribution in [0, 0.1) is 0 Å². The van der Waals surface area contributed by atoms with Gasteiger partial charge in [-0.25, -0.2) is 0 Å². The highest BCUT2D eigenvalue weighted by molar-refractivity contribution is 6.18. The van der Waals surface area contributed by atoms with Crippen molar-refractivity contribution in [2.24, 2.45) is 0 Å². The minimum atomic E-state index is -0.0994. The lowest BCUT2D eigenvalue weighted by Gasteiger charge is -2.29. The minimum Gasteiger partial charge on any atom is -0.310 e. The van der Waals surface area contributed by atoms with Crippen LogP contribution in [0.4, 0.5) is 17.1 Å². The van der Waals surface area contributed by atoms with Crippen molar-refractivity contribution in [1.82, 2.24) is 0 Å². The molecule has 59 heavy (non-hydrogen) atoms. The molecule has 3 aliphatic rings. The summed E-state index contributed by atoms with van der Waals surface area (Å²) in [4.78, 5) is 2.47. The molecule has 9 aromatic carbocycles. The summed E-state index contributed by atoms with van der Waals surface area (Å²) in [6.45, 7) is 9.44. The number of hydrogen-bond acceptors (Lipinski definition) is 1. The molecule has 0 heterocycles. The van der Waals surface area contributed by atoms with Crippen molar-refractivity contribution >= 4 is 27.8 Å². The number of nitrogens with zero attached hydrogens (tertiary/aromatic N) is 1. The number of hydrogen-bond donors (Lipinski definition) is 0. The third-order valence-electron chi connectivity index (χ3n) is 13.9.